The normalized spacial score (nSPS) is 7.79. The Bertz CT molecular complexity index is 243. The van der Waals surface area contributed by atoms with Crippen molar-refractivity contribution in [2.45, 2.75) is 41.0 Å². The van der Waals surface area contributed by atoms with E-state index >= 15 is 0 Å². The number of primary amides is 1. The van der Waals surface area contributed by atoms with E-state index in [1.165, 1.54) is 16.2 Å². The molecule has 2 N–H and O–H groups in total. The van der Waals surface area contributed by atoms with Gasteiger partial charge in [0.1, 0.15) is 0 Å². The lowest BCUT2D eigenvalue weighted by Gasteiger charge is -1.84. The number of carbonyl (C=O) groups excluding carboxylic acids is 1. The summed E-state index contributed by atoms with van der Waals surface area (Å²) in [4.78, 5) is 12.4. The van der Waals surface area contributed by atoms with Gasteiger partial charge >= 0.3 is 0 Å². The van der Waals surface area contributed by atoms with Crippen LogP contribution in [0.25, 0.3) is 0 Å². The van der Waals surface area contributed by atoms with Crippen molar-refractivity contribution < 1.29 is 4.79 Å². The second kappa shape index (κ2) is 10.3. The van der Waals surface area contributed by atoms with E-state index in [0.29, 0.717) is 4.88 Å². The van der Waals surface area contributed by atoms with Crippen LogP contribution in [0.3, 0.4) is 0 Å². The van der Waals surface area contributed by atoms with Gasteiger partial charge in [0.05, 0.1) is 4.88 Å². The molecule has 0 radical (unpaired) electrons. The molecule has 2 nitrogen and oxygen atoms in total. The third-order valence-corrected chi connectivity index (χ3v) is 2.50. The number of nitrogens with two attached hydrogens (primary N) is 1. The Labute approximate surface area is 91.1 Å². The minimum Gasteiger partial charge on any atom is -0.365 e. The van der Waals surface area contributed by atoms with Crippen molar-refractivity contribution in [2.24, 2.45) is 5.73 Å². The highest BCUT2D eigenvalue weighted by molar-refractivity contribution is 7.14. The molecule has 0 unspecified atom stereocenters. The van der Waals surface area contributed by atoms with Crippen LogP contribution in [-0.4, -0.2) is 5.91 Å². The zero-order valence-corrected chi connectivity index (χ0v) is 10.6. The predicted molar refractivity (Wildman–Crippen MR) is 64.9 cm³/mol. The number of hydrogen-bond donors (Lipinski definition) is 1. The highest BCUT2D eigenvalue weighted by Gasteiger charge is 2.02. The lowest BCUT2D eigenvalue weighted by molar-refractivity contribution is 0.100. The summed E-state index contributed by atoms with van der Waals surface area (Å²) in [6.07, 6.45) is 0.970. The van der Waals surface area contributed by atoms with Crippen molar-refractivity contribution >= 4 is 17.2 Å². The fraction of sp³-hybridized carbons (Fsp3) is 0.545. The first-order valence-corrected chi connectivity index (χ1v) is 5.94. The minimum absolute atomic E-state index is 0.329. The van der Waals surface area contributed by atoms with Gasteiger partial charge in [-0.15, -0.1) is 11.3 Å². The van der Waals surface area contributed by atoms with E-state index in [0.717, 1.165) is 6.42 Å². The molecule has 1 aromatic rings. The smallest absolute Gasteiger partial charge is 0.258 e. The summed E-state index contributed by atoms with van der Waals surface area (Å²) in [6.45, 7) is 10.1. The van der Waals surface area contributed by atoms with Crippen molar-refractivity contribution in [1.29, 1.82) is 0 Å². The zero-order chi connectivity index (χ0) is 11.6. The Kier molecular flexibility index (Phi) is 11.4. The summed E-state index contributed by atoms with van der Waals surface area (Å²) < 4.78 is 0. The molecule has 0 atom stereocenters. The molecular formula is C11H21NOS. The van der Waals surface area contributed by atoms with E-state index in [2.05, 4.69) is 6.92 Å². The quantitative estimate of drug-likeness (QED) is 0.806. The number of amides is 1. The van der Waals surface area contributed by atoms with Crippen LogP contribution >= 0.6 is 11.3 Å². The van der Waals surface area contributed by atoms with E-state index < -0.39 is 0 Å². The topological polar surface area (TPSA) is 43.1 Å². The summed E-state index contributed by atoms with van der Waals surface area (Å²) in [5.41, 5.74) is 5.05. The van der Waals surface area contributed by atoms with E-state index in [9.17, 15) is 4.79 Å². The van der Waals surface area contributed by atoms with Crippen LogP contribution in [0, 0.1) is 0 Å². The molecule has 1 heterocycles. The number of thiophene rings is 1. The average Bonchev–Trinajstić information content (AvgIpc) is 2.72. The number of hydrogen-bond acceptors (Lipinski definition) is 2. The fourth-order valence-corrected chi connectivity index (χ4v) is 1.50. The van der Waals surface area contributed by atoms with Gasteiger partial charge in [0, 0.05) is 4.88 Å². The van der Waals surface area contributed by atoms with E-state index in [4.69, 9.17) is 5.73 Å². The monoisotopic (exact) mass is 215 g/mol. The summed E-state index contributed by atoms with van der Waals surface area (Å²) in [6, 6.07) is 3.70. The maximum atomic E-state index is 10.6. The molecule has 0 bridgehead atoms. The van der Waals surface area contributed by atoms with E-state index in [1.807, 2.05) is 33.8 Å². The van der Waals surface area contributed by atoms with Crippen LogP contribution < -0.4 is 5.73 Å². The molecule has 14 heavy (non-hydrogen) atoms. The largest absolute Gasteiger partial charge is 0.365 e. The Morgan fingerprint density at radius 1 is 1.29 bits per heavy atom. The number of carbonyl (C=O) groups is 1. The molecule has 1 aromatic heterocycles. The van der Waals surface area contributed by atoms with Gasteiger partial charge in [-0.1, -0.05) is 34.6 Å². The maximum absolute atomic E-state index is 10.6. The second-order valence-electron chi connectivity index (χ2n) is 1.98. The molecular weight excluding hydrogens is 194 g/mol. The molecule has 0 aliphatic carbocycles. The molecule has 0 spiro atoms. The van der Waals surface area contributed by atoms with Crippen LogP contribution in [0.2, 0.25) is 0 Å². The molecule has 0 saturated heterocycles. The first-order valence-electron chi connectivity index (χ1n) is 5.12. The first-order chi connectivity index (χ1) is 6.74. The first kappa shape index (κ1) is 15.6. The molecule has 0 saturated carbocycles. The highest BCUT2D eigenvalue weighted by atomic mass is 32.1. The minimum atomic E-state index is -0.329. The average molecular weight is 215 g/mol. The van der Waals surface area contributed by atoms with Crippen molar-refractivity contribution in [3.05, 3.63) is 21.9 Å². The molecule has 82 valence electrons. The van der Waals surface area contributed by atoms with Crippen LogP contribution in [0.5, 0.6) is 0 Å². The summed E-state index contributed by atoms with van der Waals surface area (Å²) >= 11 is 1.47. The summed E-state index contributed by atoms with van der Waals surface area (Å²) in [5.74, 6) is -0.329. The van der Waals surface area contributed by atoms with Gasteiger partial charge in [-0.3, -0.25) is 4.79 Å². The van der Waals surface area contributed by atoms with Crippen molar-refractivity contribution in [3.8, 4) is 0 Å². The molecule has 0 aromatic carbocycles. The molecule has 0 fully saturated rings. The van der Waals surface area contributed by atoms with Gasteiger partial charge in [0.15, 0.2) is 0 Å². The SMILES string of the molecule is CC.CC.CCc1ccc(C(N)=O)s1. The van der Waals surface area contributed by atoms with Crippen LogP contribution in [-0.2, 0) is 6.42 Å². The Balaban J connectivity index is 0. The fourth-order valence-electron chi connectivity index (χ4n) is 0.700. The van der Waals surface area contributed by atoms with Gasteiger partial charge < -0.3 is 5.73 Å². The standard InChI is InChI=1S/C7H9NOS.2C2H6/c1-2-5-3-4-6(10-5)7(8)9;2*1-2/h3-4H,2H2,1H3,(H2,8,9);2*1-2H3. The van der Waals surface area contributed by atoms with Crippen molar-refractivity contribution in [1.82, 2.24) is 0 Å². The van der Waals surface area contributed by atoms with E-state index in [-0.39, 0.29) is 5.91 Å². The van der Waals surface area contributed by atoms with Crippen LogP contribution in [0.15, 0.2) is 12.1 Å². The highest BCUT2D eigenvalue weighted by Crippen LogP contribution is 2.15. The molecule has 1 amide bonds. The van der Waals surface area contributed by atoms with Crippen LogP contribution in [0.1, 0.15) is 49.2 Å². The van der Waals surface area contributed by atoms with Crippen molar-refractivity contribution in [2.75, 3.05) is 0 Å². The Hall–Kier alpha value is -0.830. The Morgan fingerprint density at radius 2 is 1.79 bits per heavy atom. The van der Waals surface area contributed by atoms with Gasteiger partial charge in [-0.2, -0.15) is 0 Å². The van der Waals surface area contributed by atoms with Gasteiger partial charge in [-0.05, 0) is 18.6 Å². The molecule has 0 aliphatic rings. The van der Waals surface area contributed by atoms with E-state index in [1.54, 1.807) is 6.07 Å². The molecule has 3 heteroatoms. The third-order valence-electron chi connectivity index (χ3n) is 1.25. The van der Waals surface area contributed by atoms with Crippen molar-refractivity contribution in [3.63, 3.8) is 0 Å². The third kappa shape index (κ3) is 5.75. The summed E-state index contributed by atoms with van der Waals surface area (Å²) in [7, 11) is 0. The molecule has 0 aliphatic heterocycles. The number of aryl methyl sites for hydroxylation is 1. The van der Waals surface area contributed by atoms with Gasteiger partial charge in [-0.25, -0.2) is 0 Å². The molecule has 1 rings (SSSR count). The van der Waals surface area contributed by atoms with Gasteiger partial charge in [0.25, 0.3) is 5.91 Å². The lowest BCUT2D eigenvalue weighted by atomic mass is 10.4. The zero-order valence-electron chi connectivity index (χ0n) is 9.76. The maximum Gasteiger partial charge on any atom is 0.258 e. The second-order valence-corrected chi connectivity index (χ2v) is 3.15. The lowest BCUT2D eigenvalue weighted by Crippen LogP contribution is -2.07. The van der Waals surface area contributed by atoms with Crippen LogP contribution in [0.4, 0.5) is 0 Å². The Morgan fingerprint density at radius 3 is 2.00 bits per heavy atom. The predicted octanol–water partition coefficient (Wildman–Crippen LogP) is 3.46. The summed E-state index contributed by atoms with van der Waals surface area (Å²) in [5, 5.41) is 0. The van der Waals surface area contributed by atoms with Gasteiger partial charge in [0.2, 0.25) is 0 Å². The number of rotatable bonds is 2.